The topological polar surface area (TPSA) is 47.6 Å². The third-order valence-corrected chi connectivity index (χ3v) is 3.83. The van der Waals surface area contributed by atoms with Crippen molar-refractivity contribution in [1.29, 1.82) is 10.5 Å². The molecule has 2 nitrogen and oxygen atoms in total. The molecule has 0 aliphatic heterocycles. The van der Waals surface area contributed by atoms with Gasteiger partial charge in [-0.25, -0.2) is 0 Å². The van der Waals surface area contributed by atoms with Crippen LogP contribution in [0.2, 0.25) is 0 Å². The summed E-state index contributed by atoms with van der Waals surface area (Å²) in [5.74, 6) is 0. The lowest BCUT2D eigenvalue weighted by molar-refractivity contribution is 0.535. The monoisotopic (exact) mass is 276 g/mol. The van der Waals surface area contributed by atoms with Crippen LogP contribution in [0.25, 0.3) is 0 Å². The van der Waals surface area contributed by atoms with Crippen LogP contribution in [0, 0.1) is 22.7 Å². The Labute approximate surface area is 126 Å². The van der Waals surface area contributed by atoms with E-state index in [0.717, 1.165) is 25.7 Å². The van der Waals surface area contributed by atoms with Gasteiger partial charge in [0, 0.05) is 12.8 Å². The molecule has 0 aromatic rings. The summed E-state index contributed by atoms with van der Waals surface area (Å²) in [4.78, 5) is 0. The summed E-state index contributed by atoms with van der Waals surface area (Å²) >= 11 is 0. The van der Waals surface area contributed by atoms with Gasteiger partial charge in [-0.1, -0.05) is 77.0 Å². The molecule has 0 N–H and O–H groups in total. The highest BCUT2D eigenvalue weighted by Gasteiger charge is 1.94. The van der Waals surface area contributed by atoms with Crippen molar-refractivity contribution in [2.45, 2.75) is 103 Å². The van der Waals surface area contributed by atoms with Crippen molar-refractivity contribution in [1.82, 2.24) is 0 Å². The number of nitrogens with zero attached hydrogens (tertiary/aromatic N) is 2. The summed E-state index contributed by atoms with van der Waals surface area (Å²) in [5.41, 5.74) is 0. The second kappa shape index (κ2) is 18.0. The molecule has 0 fully saturated rings. The van der Waals surface area contributed by atoms with Crippen LogP contribution in [0.1, 0.15) is 103 Å². The first-order valence-corrected chi connectivity index (χ1v) is 8.65. The summed E-state index contributed by atoms with van der Waals surface area (Å²) in [7, 11) is 0. The third-order valence-electron chi connectivity index (χ3n) is 3.83. The molecule has 2 heteroatoms. The van der Waals surface area contributed by atoms with Crippen LogP contribution >= 0.6 is 0 Å². The fraction of sp³-hybridized carbons (Fsp3) is 0.889. The Morgan fingerprint density at radius 1 is 0.350 bits per heavy atom. The quantitative estimate of drug-likeness (QED) is 0.331. The lowest BCUT2D eigenvalue weighted by atomic mass is 10.0. The predicted molar refractivity (Wildman–Crippen MR) is 85.1 cm³/mol. The van der Waals surface area contributed by atoms with Crippen LogP contribution in [0.15, 0.2) is 0 Å². The minimum absolute atomic E-state index is 0.733. The van der Waals surface area contributed by atoms with E-state index in [1.165, 1.54) is 77.0 Å². The van der Waals surface area contributed by atoms with Gasteiger partial charge in [0.15, 0.2) is 0 Å². The van der Waals surface area contributed by atoms with Crippen LogP contribution in [-0.4, -0.2) is 0 Å². The predicted octanol–water partition coefficient (Wildman–Crippen LogP) is 6.28. The Bertz CT molecular complexity index is 232. The number of nitriles is 2. The van der Waals surface area contributed by atoms with E-state index in [-0.39, 0.29) is 0 Å². The van der Waals surface area contributed by atoms with E-state index in [4.69, 9.17) is 10.5 Å². The van der Waals surface area contributed by atoms with Crippen LogP contribution in [0.3, 0.4) is 0 Å². The zero-order chi connectivity index (χ0) is 14.7. The van der Waals surface area contributed by atoms with E-state index in [9.17, 15) is 0 Å². The molecule has 0 amide bonds. The van der Waals surface area contributed by atoms with Gasteiger partial charge < -0.3 is 0 Å². The maximum atomic E-state index is 8.42. The average molecular weight is 276 g/mol. The largest absolute Gasteiger partial charge is 0.198 e. The molecule has 20 heavy (non-hydrogen) atoms. The smallest absolute Gasteiger partial charge is 0.0621 e. The third kappa shape index (κ3) is 17.0. The lowest BCUT2D eigenvalue weighted by Crippen LogP contribution is -1.83. The summed E-state index contributed by atoms with van der Waals surface area (Å²) in [6, 6.07) is 4.41. The number of hydrogen-bond acceptors (Lipinski definition) is 2. The first-order valence-electron chi connectivity index (χ1n) is 8.65. The van der Waals surface area contributed by atoms with Gasteiger partial charge in [0.1, 0.15) is 0 Å². The molecule has 0 aromatic heterocycles. The highest BCUT2D eigenvalue weighted by molar-refractivity contribution is 4.68. The van der Waals surface area contributed by atoms with Crippen molar-refractivity contribution < 1.29 is 0 Å². The average Bonchev–Trinajstić information content (AvgIpc) is 2.47. The summed E-state index contributed by atoms with van der Waals surface area (Å²) in [6.07, 6.45) is 19.8. The molecule has 0 rings (SSSR count). The maximum Gasteiger partial charge on any atom is 0.0621 e. The highest BCUT2D eigenvalue weighted by atomic mass is 14.2. The maximum absolute atomic E-state index is 8.42. The molecule has 0 heterocycles. The molecule has 0 aliphatic rings. The molecule has 0 aliphatic carbocycles. The van der Waals surface area contributed by atoms with Gasteiger partial charge in [-0.15, -0.1) is 0 Å². The molecule has 0 radical (unpaired) electrons. The SMILES string of the molecule is N#CCCCCCCCCCCCCCCCCC#N. The van der Waals surface area contributed by atoms with Gasteiger partial charge in [-0.3, -0.25) is 0 Å². The standard InChI is InChI=1S/C18H32N2/c19-17-15-13-11-9-7-5-3-1-2-4-6-8-10-12-14-16-18-20/h1-16H2. The normalized spacial score (nSPS) is 10.1. The summed E-state index contributed by atoms with van der Waals surface area (Å²) in [5, 5.41) is 16.8. The van der Waals surface area contributed by atoms with Crippen LogP contribution in [0.4, 0.5) is 0 Å². The molecule has 114 valence electrons. The Morgan fingerprint density at radius 2 is 0.550 bits per heavy atom. The highest BCUT2D eigenvalue weighted by Crippen LogP contribution is 2.13. The van der Waals surface area contributed by atoms with E-state index >= 15 is 0 Å². The fourth-order valence-corrected chi connectivity index (χ4v) is 2.53. The van der Waals surface area contributed by atoms with Gasteiger partial charge in [0.25, 0.3) is 0 Å². The van der Waals surface area contributed by atoms with Crippen molar-refractivity contribution in [2.75, 3.05) is 0 Å². The summed E-state index contributed by atoms with van der Waals surface area (Å²) < 4.78 is 0. The molecule has 0 unspecified atom stereocenters. The molecular weight excluding hydrogens is 244 g/mol. The van der Waals surface area contributed by atoms with Crippen molar-refractivity contribution in [3.8, 4) is 12.1 Å². The van der Waals surface area contributed by atoms with Gasteiger partial charge in [0.2, 0.25) is 0 Å². The van der Waals surface area contributed by atoms with E-state index in [1.54, 1.807) is 0 Å². The second-order valence-electron chi connectivity index (χ2n) is 5.77. The van der Waals surface area contributed by atoms with E-state index in [2.05, 4.69) is 12.1 Å². The lowest BCUT2D eigenvalue weighted by Gasteiger charge is -2.02. The van der Waals surface area contributed by atoms with Crippen LogP contribution in [-0.2, 0) is 0 Å². The Morgan fingerprint density at radius 3 is 0.750 bits per heavy atom. The number of unbranched alkanes of at least 4 members (excludes halogenated alkanes) is 15. The van der Waals surface area contributed by atoms with Crippen molar-refractivity contribution in [2.24, 2.45) is 0 Å². The Hall–Kier alpha value is -1.02. The second-order valence-corrected chi connectivity index (χ2v) is 5.77. The first-order chi connectivity index (χ1) is 9.91. The fourth-order valence-electron chi connectivity index (χ4n) is 2.53. The molecule has 0 saturated heterocycles. The minimum Gasteiger partial charge on any atom is -0.198 e. The van der Waals surface area contributed by atoms with E-state index in [1.807, 2.05) is 0 Å². The number of rotatable bonds is 15. The Kier molecular flexibility index (Phi) is 17.1. The van der Waals surface area contributed by atoms with Crippen LogP contribution in [0.5, 0.6) is 0 Å². The molecule has 0 bridgehead atoms. The van der Waals surface area contributed by atoms with Crippen molar-refractivity contribution in [3.05, 3.63) is 0 Å². The van der Waals surface area contributed by atoms with Gasteiger partial charge >= 0.3 is 0 Å². The molecule has 0 aromatic carbocycles. The molecular formula is C18H32N2. The number of hydrogen-bond donors (Lipinski definition) is 0. The first kappa shape index (κ1) is 19.0. The van der Waals surface area contributed by atoms with E-state index < -0.39 is 0 Å². The van der Waals surface area contributed by atoms with Gasteiger partial charge in [0.05, 0.1) is 12.1 Å². The molecule has 0 saturated carbocycles. The zero-order valence-electron chi connectivity index (χ0n) is 13.2. The zero-order valence-corrected chi connectivity index (χ0v) is 13.2. The van der Waals surface area contributed by atoms with Crippen LogP contribution < -0.4 is 0 Å². The molecule has 0 atom stereocenters. The van der Waals surface area contributed by atoms with E-state index in [0.29, 0.717) is 0 Å². The Balaban J connectivity index is 2.93. The molecule has 0 spiro atoms. The summed E-state index contributed by atoms with van der Waals surface area (Å²) in [6.45, 7) is 0. The minimum atomic E-state index is 0.733. The van der Waals surface area contributed by atoms with Crippen molar-refractivity contribution >= 4 is 0 Å². The van der Waals surface area contributed by atoms with Crippen molar-refractivity contribution in [3.63, 3.8) is 0 Å². The van der Waals surface area contributed by atoms with Gasteiger partial charge in [-0.2, -0.15) is 10.5 Å². The van der Waals surface area contributed by atoms with Gasteiger partial charge in [-0.05, 0) is 12.8 Å².